The number of hydrogen-bond acceptors (Lipinski definition) is 4. The number of aryl methyl sites for hydroxylation is 1. The van der Waals surface area contributed by atoms with Crippen molar-refractivity contribution in [3.05, 3.63) is 33.9 Å². The van der Waals surface area contributed by atoms with E-state index < -0.39 is 4.92 Å². The molecular weight excluding hydrogens is 302 g/mol. The first-order chi connectivity index (χ1) is 8.52. The van der Waals surface area contributed by atoms with E-state index in [1.807, 2.05) is 0 Å². The molecule has 0 heterocycles. The molecule has 0 saturated heterocycles. The van der Waals surface area contributed by atoms with Crippen LogP contribution in [-0.2, 0) is 4.74 Å². The van der Waals surface area contributed by atoms with E-state index in [-0.39, 0.29) is 17.9 Å². The van der Waals surface area contributed by atoms with Gasteiger partial charge in [-0.3, -0.25) is 10.1 Å². The fourth-order valence-corrected chi connectivity index (χ4v) is 2.95. The number of halogens is 1. The number of nitrogens with zero attached hydrogens (tertiary/aromatic N) is 1. The number of alkyl halides is 1. The highest BCUT2D eigenvalue weighted by Gasteiger charge is 2.41. The Balaban J connectivity index is 2.07. The van der Waals surface area contributed by atoms with Gasteiger partial charge in [0.25, 0.3) is 5.69 Å². The van der Waals surface area contributed by atoms with Crippen LogP contribution in [0.2, 0.25) is 0 Å². The maximum Gasteiger partial charge on any atom is 0.272 e. The Kier molecular flexibility index (Phi) is 3.87. The highest BCUT2D eigenvalue weighted by molar-refractivity contribution is 9.09. The molecule has 1 aliphatic rings. The Morgan fingerprint density at radius 3 is 2.72 bits per heavy atom. The number of methoxy groups -OCH3 is 1. The summed E-state index contributed by atoms with van der Waals surface area (Å²) in [5.74, 6) is 0.643. The van der Waals surface area contributed by atoms with Crippen LogP contribution in [0.15, 0.2) is 18.2 Å². The minimum Gasteiger partial charge on any atom is -0.488 e. The number of hydrogen-bond donors (Lipinski definition) is 0. The topological polar surface area (TPSA) is 61.6 Å². The van der Waals surface area contributed by atoms with Crippen LogP contribution in [0.25, 0.3) is 0 Å². The van der Waals surface area contributed by atoms with Crippen LogP contribution in [0, 0.1) is 17.0 Å². The van der Waals surface area contributed by atoms with E-state index in [2.05, 4.69) is 15.9 Å². The molecule has 0 N–H and O–H groups in total. The SMILES string of the molecule is COC1C(Br)CC1Oc1ccc([N+](=O)[O-])c(C)c1. The van der Waals surface area contributed by atoms with Gasteiger partial charge in [-0.15, -0.1) is 0 Å². The maximum atomic E-state index is 10.7. The predicted octanol–water partition coefficient (Wildman–Crippen LogP) is 2.83. The molecular formula is C12H14BrNO4. The van der Waals surface area contributed by atoms with E-state index in [0.717, 1.165) is 6.42 Å². The largest absolute Gasteiger partial charge is 0.488 e. The van der Waals surface area contributed by atoms with Gasteiger partial charge in [0.1, 0.15) is 18.0 Å². The Hall–Kier alpha value is -1.14. The van der Waals surface area contributed by atoms with Gasteiger partial charge in [0, 0.05) is 30.0 Å². The van der Waals surface area contributed by atoms with Crippen molar-refractivity contribution in [3.63, 3.8) is 0 Å². The van der Waals surface area contributed by atoms with Gasteiger partial charge in [-0.1, -0.05) is 15.9 Å². The fraction of sp³-hybridized carbons (Fsp3) is 0.500. The lowest BCUT2D eigenvalue weighted by molar-refractivity contribution is -0.385. The standard InChI is InChI=1S/C12H14BrNO4/c1-7-5-8(3-4-10(7)14(15)16)18-11-6-9(13)12(11)17-2/h3-5,9,11-12H,6H2,1-2H3. The zero-order chi connectivity index (χ0) is 13.3. The molecule has 6 heteroatoms. The molecule has 1 aromatic carbocycles. The molecule has 3 atom stereocenters. The van der Waals surface area contributed by atoms with Crippen LogP contribution in [0.1, 0.15) is 12.0 Å². The Morgan fingerprint density at radius 2 is 2.22 bits per heavy atom. The van der Waals surface area contributed by atoms with Gasteiger partial charge in [0.05, 0.1) is 4.92 Å². The lowest BCUT2D eigenvalue weighted by Gasteiger charge is -2.40. The zero-order valence-corrected chi connectivity index (χ0v) is 11.7. The van der Waals surface area contributed by atoms with E-state index in [1.54, 1.807) is 26.2 Å². The van der Waals surface area contributed by atoms with Crippen LogP contribution >= 0.6 is 15.9 Å². The van der Waals surface area contributed by atoms with Crippen LogP contribution in [0.3, 0.4) is 0 Å². The summed E-state index contributed by atoms with van der Waals surface area (Å²) in [5, 5.41) is 10.7. The second-order valence-corrected chi connectivity index (χ2v) is 5.49. The molecule has 1 fully saturated rings. The minimum atomic E-state index is -0.394. The third-order valence-electron chi connectivity index (χ3n) is 3.10. The number of benzene rings is 1. The molecule has 18 heavy (non-hydrogen) atoms. The van der Waals surface area contributed by atoms with E-state index in [1.165, 1.54) is 6.07 Å². The van der Waals surface area contributed by atoms with E-state index in [9.17, 15) is 10.1 Å². The van der Waals surface area contributed by atoms with Crippen LogP contribution in [0.5, 0.6) is 5.75 Å². The second-order valence-electron chi connectivity index (χ2n) is 4.31. The average molecular weight is 316 g/mol. The molecule has 0 aliphatic heterocycles. The van der Waals surface area contributed by atoms with Gasteiger partial charge >= 0.3 is 0 Å². The van der Waals surface area contributed by atoms with Crippen molar-refractivity contribution in [2.24, 2.45) is 0 Å². The quantitative estimate of drug-likeness (QED) is 0.487. The van der Waals surface area contributed by atoms with E-state index in [0.29, 0.717) is 16.1 Å². The van der Waals surface area contributed by atoms with Crippen LogP contribution in [0.4, 0.5) is 5.69 Å². The molecule has 0 spiro atoms. The number of ether oxygens (including phenoxy) is 2. The molecule has 3 unspecified atom stereocenters. The molecule has 0 amide bonds. The third-order valence-corrected chi connectivity index (χ3v) is 4.00. The summed E-state index contributed by atoms with van der Waals surface area (Å²) < 4.78 is 11.1. The highest BCUT2D eigenvalue weighted by atomic mass is 79.9. The van der Waals surface area contributed by atoms with Gasteiger partial charge < -0.3 is 9.47 Å². The van der Waals surface area contributed by atoms with Gasteiger partial charge in [0.2, 0.25) is 0 Å². The summed E-state index contributed by atoms with van der Waals surface area (Å²) in [7, 11) is 1.65. The summed E-state index contributed by atoms with van der Waals surface area (Å²) in [5.41, 5.74) is 0.707. The minimum absolute atomic E-state index is 0.000214. The van der Waals surface area contributed by atoms with E-state index in [4.69, 9.17) is 9.47 Å². The molecule has 1 saturated carbocycles. The Labute approximate surface area is 113 Å². The Morgan fingerprint density at radius 1 is 1.50 bits per heavy atom. The molecule has 1 aromatic rings. The molecule has 2 rings (SSSR count). The molecule has 1 aliphatic carbocycles. The molecule has 98 valence electrons. The van der Waals surface area contributed by atoms with Gasteiger partial charge in [-0.2, -0.15) is 0 Å². The maximum absolute atomic E-state index is 10.7. The summed E-state index contributed by atoms with van der Waals surface area (Å²) >= 11 is 3.49. The van der Waals surface area contributed by atoms with Crippen molar-refractivity contribution < 1.29 is 14.4 Å². The summed E-state index contributed by atoms with van der Waals surface area (Å²) in [6.45, 7) is 1.70. The predicted molar refractivity (Wildman–Crippen MR) is 70.4 cm³/mol. The van der Waals surface area contributed by atoms with Crippen molar-refractivity contribution in [1.29, 1.82) is 0 Å². The van der Waals surface area contributed by atoms with Gasteiger partial charge in [-0.05, 0) is 19.1 Å². The smallest absolute Gasteiger partial charge is 0.272 e. The van der Waals surface area contributed by atoms with E-state index >= 15 is 0 Å². The van der Waals surface area contributed by atoms with Crippen LogP contribution < -0.4 is 4.74 Å². The molecule has 5 nitrogen and oxygen atoms in total. The lowest BCUT2D eigenvalue weighted by atomic mass is 9.91. The van der Waals surface area contributed by atoms with Gasteiger partial charge in [0.15, 0.2) is 0 Å². The first kappa shape index (κ1) is 13.3. The molecule has 0 bridgehead atoms. The van der Waals surface area contributed by atoms with Gasteiger partial charge in [-0.25, -0.2) is 0 Å². The second kappa shape index (κ2) is 5.24. The number of nitro benzene ring substituents is 1. The van der Waals surface area contributed by atoms with Crippen molar-refractivity contribution in [1.82, 2.24) is 0 Å². The Bertz CT molecular complexity index is 465. The van der Waals surface area contributed by atoms with Crippen LogP contribution in [-0.4, -0.2) is 29.1 Å². The normalized spacial score (nSPS) is 26.5. The summed E-state index contributed by atoms with van der Waals surface area (Å²) in [4.78, 5) is 10.6. The summed E-state index contributed by atoms with van der Waals surface area (Å²) in [6.07, 6.45) is 0.898. The summed E-state index contributed by atoms with van der Waals surface area (Å²) in [6, 6.07) is 4.78. The average Bonchev–Trinajstić information content (AvgIpc) is 2.28. The first-order valence-electron chi connectivity index (χ1n) is 5.61. The molecule has 0 aromatic heterocycles. The number of nitro groups is 1. The van der Waals surface area contributed by atoms with Crippen molar-refractivity contribution >= 4 is 21.6 Å². The highest BCUT2D eigenvalue weighted by Crippen LogP contribution is 2.34. The number of rotatable bonds is 4. The third kappa shape index (κ3) is 2.49. The fourth-order valence-electron chi connectivity index (χ4n) is 2.02. The van der Waals surface area contributed by atoms with Crippen molar-refractivity contribution in [3.8, 4) is 5.75 Å². The molecule has 0 radical (unpaired) electrons. The monoisotopic (exact) mass is 315 g/mol. The first-order valence-corrected chi connectivity index (χ1v) is 6.53. The lowest BCUT2D eigenvalue weighted by Crippen LogP contribution is -2.51. The van der Waals surface area contributed by atoms with Crippen molar-refractivity contribution in [2.45, 2.75) is 30.4 Å². The zero-order valence-electron chi connectivity index (χ0n) is 10.1. The van der Waals surface area contributed by atoms with Crippen molar-refractivity contribution in [2.75, 3.05) is 7.11 Å².